The molecule has 0 bridgehead atoms. The molecule has 0 heterocycles. The van der Waals surface area contributed by atoms with Gasteiger partial charge in [-0.2, -0.15) is 0 Å². The Bertz CT molecular complexity index is 761. The Kier molecular flexibility index (Phi) is 7.95. The van der Waals surface area contributed by atoms with Crippen LogP contribution in [0.3, 0.4) is 0 Å². The SMILES string of the molecule is CCCC(=O)OC(c1ccc(Cl)cc1)c1ccc(NC(=O)OC(C)Cl)cc1. The Morgan fingerprint density at radius 2 is 1.56 bits per heavy atom. The number of carbonyl (C=O) groups excluding carboxylic acids is 2. The van der Waals surface area contributed by atoms with Crippen molar-refractivity contribution in [3.05, 3.63) is 64.7 Å². The molecule has 27 heavy (non-hydrogen) atoms. The van der Waals surface area contributed by atoms with Crippen LogP contribution in [0.2, 0.25) is 5.02 Å². The third-order valence-corrected chi connectivity index (χ3v) is 3.95. The number of carbonyl (C=O) groups is 2. The van der Waals surface area contributed by atoms with E-state index in [1.54, 1.807) is 43.3 Å². The molecule has 0 aliphatic rings. The van der Waals surface area contributed by atoms with Crippen LogP contribution < -0.4 is 5.32 Å². The largest absolute Gasteiger partial charge is 0.453 e. The molecule has 1 amide bonds. The number of nitrogens with one attached hydrogen (secondary N) is 1. The van der Waals surface area contributed by atoms with Gasteiger partial charge in [0.2, 0.25) is 0 Å². The fourth-order valence-corrected chi connectivity index (χ4v) is 2.60. The highest BCUT2D eigenvalue weighted by Gasteiger charge is 2.19. The summed E-state index contributed by atoms with van der Waals surface area (Å²) < 4.78 is 10.5. The summed E-state index contributed by atoms with van der Waals surface area (Å²) in [4.78, 5) is 23.7. The van der Waals surface area contributed by atoms with E-state index in [4.69, 9.17) is 32.7 Å². The van der Waals surface area contributed by atoms with E-state index in [9.17, 15) is 9.59 Å². The van der Waals surface area contributed by atoms with E-state index in [1.807, 2.05) is 19.1 Å². The second-order valence-electron chi connectivity index (χ2n) is 5.87. The summed E-state index contributed by atoms with van der Waals surface area (Å²) >= 11 is 11.6. The van der Waals surface area contributed by atoms with Crippen LogP contribution in [-0.2, 0) is 14.3 Å². The summed E-state index contributed by atoms with van der Waals surface area (Å²) in [5.41, 5.74) is 1.39. The number of esters is 1. The second kappa shape index (κ2) is 10.2. The van der Waals surface area contributed by atoms with Crippen LogP contribution in [0, 0.1) is 0 Å². The fourth-order valence-electron chi connectivity index (χ4n) is 2.40. The van der Waals surface area contributed by atoms with E-state index in [0.717, 1.165) is 11.1 Å². The highest BCUT2D eigenvalue weighted by molar-refractivity contribution is 6.30. The third kappa shape index (κ3) is 6.77. The maximum Gasteiger partial charge on any atom is 0.413 e. The van der Waals surface area contributed by atoms with Crippen LogP contribution in [0.5, 0.6) is 0 Å². The Morgan fingerprint density at radius 1 is 1.00 bits per heavy atom. The van der Waals surface area contributed by atoms with E-state index in [2.05, 4.69) is 5.32 Å². The van der Waals surface area contributed by atoms with E-state index in [1.165, 1.54) is 0 Å². The summed E-state index contributed by atoms with van der Waals surface area (Å²) in [5, 5.41) is 3.18. The molecule has 2 atom stereocenters. The van der Waals surface area contributed by atoms with E-state index >= 15 is 0 Å². The summed E-state index contributed by atoms with van der Waals surface area (Å²) in [6, 6.07) is 14.1. The minimum atomic E-state index is -0.725. The van der Waals surface area contributed by atoms with Crippen LogP contribution in [0.1, 0.15) is 43.9 Å². The molecular weight excluding hydrogens is 389 g/mol. The van der Waals surface area contributed by atoms with Crippen LogP contribution in [-0.4, -0.2) is 17.6 Å². The van der Waals surface area contributed by atoms with Crippen LogP contribution in [0.15, 0.2) is 48.5 Å². The van der Waals surface area contributed by atoms with Gasteiger partial charge in [-0.3, -0.25) is 10.1 Å². The van der Waals surface area contributed by atoms with Crippen LogP contribution in [0.4, 0.5) is 10.5 Å². The van der Waals surface area contributed by atoms with Gasteiger partial charge in [0, 0.05) is 17.1 Å². The molecule has 0 spiro atoms. The van der Waals surface area contributed by atoms with Gasteiger partial charge in [0.25, 0.3) is 0 Å². The van der Waals surface area contributed by atoms with Crippen molar-refractivity contribution in [2.75, 3.05) is 5.32 Å². The maximum atomic E-state index is 12.0. The average molecular weight is 410 g/mol. The first kappa shape index (κ1) is 21.1. The number of ether oxygens (including phenoxy) is 2. The monoisotopic (exact) mass is 409 g/mol. The number of anilines is 1. The van der Waals surface area contributed by atoms with Crippen molar-refractivity contribution in [2.24, 2.45) is 0 Å². The molecule has 0 radical (unpaired) electrons. The van der Waals surface area contributed by atoms with Gasteiger partial charge < -0.3 is 9.47 Å². The fraction of sp³-hybridized carbons (Fsp3) is 0.300. The van der Waals surface area contributed by atoms with Crippen molar-refractivity contribution in [1.82, 2.24) is 0 Å². The molecule has 144 valence electrons. The lowest BCUT2D eigenvalue weighted by Gasteiger charge is -2.19. The first-order valence-corrected chi connectivity index (χ1v) is 9.37. The van der Waals surface area contributed by atoms with Gasteiger partial charge in [-0.15, -0.1) is 0 Å². The zero-order valence-corrected chi connectivity index (χ0v) is 16.6. The number of hydrogen-bond donors (Lipinski definition) is 1. The molecule has 0 aromatic heterocycles. The van der Waals surface area contributed by atoms with E-state index in [-0.39, 0.29) is 5.97 Å². The number of alkyl halides is 1. The van der Waals surface area contributed by atoms with Gasteiger partial charge in [0.1, 0.15) is 0 Å². The Balaban J connectivity index is 2.20. The Labute approximate surface area is 168 Å². The molecule has 1 N–H and O–H groups in total. The molecule has 7 heteroatoms. The number of halogens is 2. The lowest BCUT2D eigenvalue weighted by Crippen LogP contribution is -2.17. The molecule has 0 saturated carbocycles. The minimum absolute atomic E-state index is 0.278. The Hall–Kier alpha value is -2.24. The zero-order valence-electron chi connectivity index (χ0n) is 15.1. The lowest BCUT2D eigenvalue weighted by atomic mass is 10.0. The molecule has 2 aromatic carbocycles. The van der Waals surface area contributed by atoms with Crippen molar-refractivity contribution >= 4 is 41.0 Å². The second-order valence-corrected chi connectivity index (χ2v) is 6.92. The van der Waals surface area contributed by atoms with Crippen LogP contribution >= 0.6 is 23.2 Å². The smallest absolute Gasteiger partial charge is 0.413 e. The summed E-state index contributed by atoms with van der Waals surface area (Å²) in [5.74, 6) is -0.278. The van der Waals surface area contributed by atoms with Gasteiger partial charge in [-0.05, 0) is 48.7 Å². The predicted octanol–water partition coefficient (Wildman–Crippen LogP) is 5.91. The number of rotatable bonds is 7. The van der Waals surface area contributed by atoms with Crippen molar-refractivity contribution in [1.29, 1.82) is 0 Å². The topological polar surface area (TPSA) is 64.6 Å². The third-order valence-electron chi connectivity index (χ3n) is 3.61. The van der Waals surface area contributed by atoms with Crippen molar-refractivity contribution < 1.29 is 19.1 Å². The zero-order chi connectivity index (χ0) is 19.8. The summed E-state index contributed by atoms with van der Waals surface area (Å²) in [6.45, 7) is 3.46. The first-order valence-electron chi connectivity index (χ1n) is 8.55. The molecule has 2 aromatic rings. The molecule has 2 unspecified atom stereocenters. The van der Waals surface area contributed by atoms with E-state index in [0.29, 0.717) is 23.6 Å². The number of amides is 1. The molecule has 2 rings (SSSR count). The van der Waals surface area contributed by atoms with E-state index < -0.39 is 17.8 Å². The molecule has 0 fully saturated rings. The van der Waals surface area contributed by atoms with Gasteiger partial charge in [0.05, 0.1) is 0 Å². The maximum absolute atomic E-state index is 12.0. The van der Waals surface area contributed by atoms with Gasteiger partial charge in [-0.1, -0.05) is 54.4 Å². The molecule has 0 aliphatic carbocycles. The number of benzene rings is 2. The van der Waals surface area contributed by atoms with Crippen molar-refractivity contribution in [3.63, 3.8) is 0 Å². The summed E-state index contributed by atoms with van der Waals surface area (Å²) in [6.07, 6.45) is -0.165. The standard InChI is InChI=1S/C20H21Cl2NO4/c1-3-4-18(24)27-19(14-5-9-16(22)10-6-14)15-7-11-17(12-8-15)23-20(25)26-13(2)21/h5-13,19H,3-4H2,1-2H3,(H,23,25). The van der Waals surface area contributed by atoms with Gasteiger partial charge >= 0.3 is 12.1 Å². The molecule has 0 aliphatic heterocycles. The van der Waals surface area contributed by atoms with Crippen molar-refractivity contribution in [3.8, 4) is 0 Å². The molecule has 0 saturated heterocycles. The van der Waals surface area contributed by atoms with Crippen molar-refractivity contribution in [2.45, 2.75) is 38.4 Å². The van der Waals surface area contributed by atoms with Gasteiger partial charge in [-0.25, -0.2) is 4.79 Å². The highest BCUT2D eigenvalue weighted by Crippen LogP contribution is 2.29. The highest BCUT2D eigenvalue weighted by atomic mass is 35.5. The molecular formula is C20H21Cl2NO4. The molecule has 5 nitrogen and oxygen atoms in total. The van der Waals surface area contributed by atoms with Crippen LogP contribution in [0.25, 0.3) is 0 Å². The summed E-state index contributed by atoms with van der Waals surface area (Å²) in [7, 11) is 0. The predicted molar refractivity (Wildman–Crippen MR) is 106 cm³/mol. The minimum Gasteiger partial charge on any atom is -0.453 e. The normalized spacial score (nSPS) is 12.7. The quantitative estimate of drug-likeness (QED) is 0.456. The Morgan fingerprint density at radius 3 is 2.07 bits per heavy atom. The number of hydrogen-bond acceptors (Lipinski definition) is 4. The lowest BCUT2D eigenvalue weighted by molar-refractivity contribution is -0.147. The first-order chi connectivity index (χ1) is 12.9. The average Bonchev–Trinajstić information content (AvgIpc) is 2.61. The van der Waals surface area contributed by atoms with Gasteiger partial charge in [0.15, 0.2) is 11.7 Å².